The molecule has 0 saturated heterocycles. The molecule has 0 amide bonds. The number of unbranched alkanes of at least 4 members (excludes halogenated alkanes) is 1. The summed E-state index contributed by atoms with van der Waals surface area (Å²) >= 11 is 12.0. The molecule has 2 aromatic heterocycles. The van der Waals surface area contributed by atoms with Crippen LogP contribution in [0.25, 0.3) is 0 Å². The van der Waals surface area contributed by atoms with E-state index < -0.39 is 0 Å². The van der Waals surface area contributed by atoms with Crippen molar-refractivity contribution < 1.29 is 4.79 Å². The number of aromatic amines is 2. The van der Waals surface area contributed by atoms with Gasteiger partial charge < -0.3 is 10.7 Å². The van der Waals surface area contributed by atoms with Crippen LogP contribution in [0, 0.1) is 17.2 Å². The van der Waals surface area contributed by atoms with Gasteiger partial charge >= 0.3 is 0 Å². The Balaban J connectivity index is 1.27. The Hall–Kier alpha value is -3.04. The van der Waals surface area contributed by atoms with Crippen molar-refractivity contribution in [2.24, 2.45) is 11.8 Å². The summed E-state index contributed by atoms with van der Waals surface area (Å²) in [4.78, 5) is 36.7. The van der Waals surface area contributed by atoms with E-state index in [-0.39, 0.29) is 17.3 Å². The maximum atomic E-state index is 12.8. The second-order valence-electron chi connectivity index (χ2n) is 9.89. The highest BCUT2D eigenvalue weighted by molar-refractivity contribution is 6.42. The van der Waals surface area contributed by atoms with Gasteiger partial charge in [-0.1, -0.05) is 61.4 Å². The lowest BCUT2D eigenvalue weighted by Gasteiger charge is -2.24. The molecule has 2 unspecified atom stereocenters. The summed E-state index contributed by atoms with van der Waals surface area (Å²) in [6.07, 6.45) is 12.2. The number of nitrogens with one attached hydrogen (secondary N) is 4. The average molecular weight is 559 g/mol. The van der Waals surface area contributed by atoms with E-state index in [4.69, 9.17) is 28.6 Å². The van der Waals surface area contributed by atoms with Crippen LogP contribution in [0.15, 0.2) is 29.3 Å². The van der Waals surface area contributed by atoms with Crippen molar-refractivity contribution in [2.75, 3.05) is 5.32 Å². The smallest absolute Gasteiger partial charge is 0.256 e. The number of carbonyl (C=O) groups excluding carboxylic acids is 1. The van der Waals surface area contributed by atoms with Crippen LogP contribution in [-0.4, -0.2) is 37.1 Å². The highest BCUT2D eigenvalue weighted by Gasteiger charge is 2.25. The van der Waals surface area contributed by atoms with Gasteiger partial charge in [-0.15, -0.1) is 0 Å². The molecule has 0 aliphatic heterocycles. The zero-order chi connectivity index (χ0) is 26.9. The van der Waals surface area contributed by atoms with Crippen molar-refractivity contribution in [1.29, 1.82) is 5.41 Å². The van der Waals surface area contributed by atoms with Gasteiger partial charge in [0.25, 0.3) is 5.56 Å². The summed E-state index contributed by atoms with van der Waals surface area (Å²) in [5, 5.41) is 18.3. The van der Waals surface area contributed by atoms with Crippen LogP contribution in [0.2, 0.25) is 10.0 Å². The van der Waals surface area contributed by atoms with Gasteiger partial charge in [-0.3, -0.25) is 19.7 Å². The van der Waals surface area contributed by atoms with E-state index in [0.717, 1.165) is 63.1 Å². The Morgan fingerprint density at radius 3 is 2.74 bits per heavy atom. The third-order valence-corrected chi connectivity index (χ3v) is 8.01. The second kappa shape index (κ2) is 13.7. The van der Waals surface area contributed by atoms with E-state index in [1.54, 1.807) is 12.1 Å². The number of Topliss-reactive ketones (excluding diaryl/α,β-unsaturated/α-hetero) is 1. The second-order valence-corrected chi connectivity index (χ2v) is 10.7. The van der Waals surface area contributed by atoms with Gasteiger partial charge in [-0.25, -0.2) is 9.97 Å². The molecule has 0 spiro atoms. The standard InChI is InChI=1S/C27H33Cl2N7O2/c28-21-12-10-18(13-22(21)29)15-31-27-34-23(14-30)20(26(38)35-27)8-4-2-6-17-5-1-3-7-19(11-9-17)24(37)25-32-16-33-36-25/h10,12-14,16-17,19,30H,1-9,11,15H2,(H,32,33,36)(H2,31,34,35,38). The van der Waals surface area contributed by atoms with Crippen LogP contribution in [0.4, 0.5) is 5.95 Å². The highest BCUT2D eigenvalue weighted by atomic mass is 35.5. The fraction of sp³-hybridized carbons (Fsp3) is 0.481. The Bertz CT molecular complexity index is 1290. The summed E-state index contributed by atoms with van der Waals surface area (Å²) in [5.74, 6) is 1.33. The first-order valence-electron chi connectivity index (χ1n) is 13.2. The van der Waals surface area contributed by atoms with Gasteiger partial charge in [-0.05, 0) is 55.7 Å². The molecule has 1 aliphatic rings. The van der Waals surface area contributed by atoms with Crippen molar-refractivity contribution in [3.8, 4) is 0 Å². The molecule has 1 aliphatic carbocycles. The monoisotopic (exact) mass is 557 g/mol. The fourth-order valence-corrected chi connectivity index (χ4v) is 5.47. The third-order valence-electron chi connectivity index (χ3n) is 7.27. The molecule has 0 bridgehead atoms. The number of benzene rings is 1. The Kier molecular flexibility index (Phi) is 10.1. The first-order valence-corrected chi connectivity index (χ1v) is 13.9. The van der Waals surface area contributed by atoms with Crippen molar-refractivity contribution in [3.63, 3.8) is 0 Å². The molecule has 2 heterocycles. The minimum atomic E-state index is -0.227. The SMILES string of the molecule is N=Cc1nc(NCc2ccc(Cl)c(Cl)c2)[nH]c(=O)c1CCCCC1CCCCC(C(=O)c2ncn[nH]2)CC1. The fourth-order valence-electron chi connectivity index (χ4n) is 5.15. The normalized spacial score (nSPS) is 17.9. The molecule has 4 N–H and O–H groups in total. The molecule has 2 atom stereocenters. The molecule has 1 aromatic carbocycles. The highest BCUT2D eigenvalue weighted by Crippen LogP contribution is 2.31. The van der Waals surface area contributed by atoms with Crippen LogP contribution >= 0.6 is 23.2 Å². The largest absolute Gasteiger partial charge is 0.352 e. The average Bonchev–Trinajstić information content (AvgIpc) is 3.44. The van der Waals surface area contributed by atoms with Crippen LogP contribution < -0.4 is 10.9 Å². The predicted molar refractivity (Wildman–Crippen MR) is 149 cm³/mol. The van der Waals surface area contributed by atoms with Crippen molar-refractivity contribution in [3.05, 3.63) is 67.6 Å². The van der Waals surface area contributed by atoms with Crippen LogP contribution in [0.1, 0.15) is 85.2 Å². The summed E-state index contributed by atoms with van der Waals surface area (Å²) in [6.45, 7) is 0.406. The summed E-state index contributed by atoms with van der Waals surface area (Å²) < 4.78 is 0. The number of halogens is 2. The van der Waals surface area contributed by atoms with Gasteiger partial charge in [0.15, 0.2) is 5.82 Å². The van der Waals surface area contributed by atoms with Crippen molar-refractivity contribution in [1.82, 2.24) is 25.1 Å². The number of hydrogen-bond acceptors (Lipinski definition) is 7. The van der Waals surface area contributed by atoms with E-state index in [1.165, 1.54) is 12.7 Å². The predicted octanol–water partition coefficient (Wildman–Crippen LogP) is 5.99. The van der Waals surface area contributed by atoms with Crippen LogP contribution in [0.3, 0.4) is 0 Å². The van der Waals surface area contributed by atoms with E-state index in [0.29, 0.717) is 52.0 Å². The number of rotatable bonds is 11. The Labute approximate surface area is 231 Å². The molecule has 3 aromatic rings. The first-order chi connectivity index (χ1) is 18.4. The number of hydrogen-bond donors (Lipinski definition) is 4. The van der Waals surface area contributed by atoms with E-state index in [1.807, 2.05) is 6.07 Å². The topological polar surface area (TPSA) is 140 Å². The van der Waals surface area contributed by atoms with Gasteiger partial charge in [-0.2, -0.15) is 5.10 Å². The molecule has 202 valence electrons. The lowest BCUT2D eigenvalue weighted by atomic mass is 9.81. The number of anilines is 1. The van der Waals surface area contributed by atoms with Gasteiger partial charge in [0.1, 0.15) is 6.33 Å². The minimum Gasteiger partial charge on any atom is -0.352 e. The number of H-pyrrole nitrogens is 2. The molecular formula is C27H33Cl2N7O2. The minimum absolute atomic E-state index is 0.00864. The summed E-state index contributed by atoms with van der Waals surface area (Å²) in [5.41, 5.74) is 1.58. The maximum absolute atomic E-state index is 12.8. The molecule has 0 radical (unpaired) electrons. The molecule has 11 heteroatoms. The molecule has 4 rings (SSSR count). The number of aromatic nitrogens is 5. The molecular weight excluding hydrogens is 525 g/mol. The summed E-state index contributed by atoms with van der Waals surface area (Å²) in [6, 6.07) is 5.32. The molecule has 1 saturated carbocycles. The summed E-state index contributed by atoms with van der Waals surface area (Å²) in [7, 11) is 0. The van der Waals surface area contributed by atoms with Crippen molar-refractivity contribution >= 4 is 41.1 Å². The Morgan fingerprint density at radius 2 is 1.97 bits per heavy atom. The van der Waals surface area contributed by atoms with E-state index in [9.17, 15) is 9.59 Å². The van der Waals surface area contributed by atoms with E-state index in [2.05, 4.69) is 30.5 Å². The zero-order valence-electron chi connectivity index (χ0n) is 21.2. The van der Waals surface area contributed by atoms with Crippen LogP contribution in [-0.2, 0) is 13.0 Å². The van der Waals surface area contributed by atoms with Crippen molar-refractivity contribution in [2.45, 2.75) is 70.8 Å². The third kappa shape index (κ3) is 7.51. The molecule has 1 fully saturated rings. The lowest BCUT2D eigenvalue weighted by Crippen LogP contribution is -2.21. The van der Waals surface area contributed by atoms with E-state index >= 15 is 0 Å². The zero-order valence-corrected chi connectivity index (χ0v) is 22.7. The van der Waals surface area contributed by atoms with Gasteiger partial charge in [0.05, 0.1) is 15.7 Å². The quantitative estimate of drug-likeness (QED) is 0.130. The number of nitrogens with zero attached hydrogens (tertiary/aromatic N) is 3. The molecule has 38 heavy (non-hydrogen) atoms. The molecule has 9 nitrogen and oxygen atoms in total. The Morgan fingerprint density at radius 1 is 1.13 bits per heavy atom. The first kappa shape index (κ1) is 28.0. The number of carbonyl (C=O) groups is 1. The van der Waals surface area contributed by atoms with Gasteiger partial charge in [0, 0.05) is 24.2 Å². The maximum Gasteiger partial charge on any atom is 0.256 e. The lowest BCUT2D eigenvalue weighted by molar-refractivity contribution is 0.0880. The number of ketones is 1. The van der Waals surface area contributed by atoms with Gasteiger partial charge in [0.2, 0.25) is 11.7 Å². The van der Waals surface area contributed by atoms with Crippen LogP contribution in [0.5, 0.6) is 0 Å².